The Morgan fingerprint density at radius 1 is 1.22 bits per heavy atom. The van der Waals surface area contributed by atoms with Crippen molar-refractivity contribution in [1.82, 2.24) is 20.2 Å². The smallest absolute Gasteiger partial charge is 0.270 e. The van der Waals surface area contributed by atoms with Gasteiger partial charge in [-0.25, -0.2) is 9.97 Å². The molecule has 0 radical (unpaired) electrons. The topological polar surface area (TPSA) is 70.2 Å². The van der Waals surface area contributed by atoms with Gasteiger partial charge in [0.25, 0.3) is 5.91 Å². The normalized spacial score (nSPS) is 10.7. The minimum atomic E-state index is -0.196. The van der Waals surface area contributed by atoms with Crippen LogP contribution in [-0.4, -0.2) is 48.0 Å². The molecule has 6 nitrogen and oxygen atoms in total. The molecular formula is C17H23N5O. The zero-order valence-corrected chi connectivity index (χ0v) is 14.1. The van der Waals surface area contributed by atoms with E-state index >= 15 is 0 Å². The molecule has 0 spiro atoms. The van der Waals surface area contributed by atoms with Crippen LogP contribution in [0, 0.1) is 13.8 Å². The van der Waals surface area contributed by atoms with Crippen LogP contribution in [0.5, 0.6) is 0 Å². The molecule has 0 atom stereocenters. The van der Waals surface area contributed by atoms with Gasteiger partial charge in [-0.3, -0.25) is 4.79 Å². The highest BCUT2D eigenvalue weighted by molar-refractivity contribution is 5.92. The molecule has 0 saturated carbocycles. The summed E-state index contributed by atoms with van der Waals surface area (Å²) in [6.45, 7) is 5.43. The molecule has 1 aromatic carbocycles. The van der Waals surface area contributed by atoms with Crippen LogP contribution >= 0.6 is 0 Å². The number of benzene rings is 1. The van der Waals surface area contributed by atoms with Gasteiger partial charge in [0, 0.05) is 25.0 Å². The van der Waals surface area contributed by atoms with Crippen LogP contribution in [0.1, 0.15) is 21.6 Å². The highest BCUT2D eigenvalue weighted by Gasteiger charge is 2.09. The Bertz CT molecular complexity index is 684. The highest BCUT2D eigenvalue weighted by atomic mass is 16.1. The summed E-state index contributed by atoms with van der Waals surface area (Å²) < 4.78 is 0. The van der Waals surface area contributed by atoms with Crippen molar-refractivity contribution in [2.45, 2.75) is 13.8 Å². The molecule has 23 heavy (non-hydrogen) atoms. The number of nitrogens with one attached hydrogen (secondary N) is 2. The molecule has 1 heterocycles. The van der Waals surface area contributed by atoms with E-state index in [1.54, 1.807) is 12.3 Å². The van der Waals surface area contributed by atoms with Gasteiger partial charge >= 0.3 is 0 Å². The number of amides is 1. The SMILES string of the molecule is Cc1ccc(Nc2nccc(C(=O)NCCN(C)C)n2)c(C)c1. The molecule has 122 valence electrons. The number of carbonyl (C=O) groups is 1. The zero-order valence-electron chi connectivity index (χ0n) is 14.1. The molecule has 6 heteroatoms. The number of hydrogen-bond donors (Lipinski definition) is 2. The van der Waals surface area contributed by atoms with Crippen molar-refractivity contribution < 1.29 is 4.79 Å². The summed E-state index contributed by atoms with van der Waals surface area (Å²) in [5, 5.41) is 6.00. The van der Waals surface area contributed by atoms with Crippen LogP contribution in [0.15, 0.2) is 30.5 Å². The van der Waals surface area contributed by atoms with Crippen molar-refractivity contribution >= 4 is 17.5 Å². The number of aryl methyl sites for hydroxylation is 2. The third-order valence-electron chi connectivity index (χ3n) is 3.36. The fraction of sp³-hybridized carbons (Fsp3) is 0.353. The van der Waals surface area contributed by atoms with E-state index in [0.29, 0.717) is 18.2 Å². The van der Waals surface area contributed by atoms with Crippen LogP contribution < -0.4 is 10.6 Å². The quantitative estimate of drug-likeness (QED) is 0.855. The highest BCUT2D eigenvalue weighted by Crippen LogP contribution is 2.19. The maximum absolute atomic E-state index is 12.1. The van der Waals surface area contributed by atoms with E-state index < -0.39 is 0 Å². The predicted octanol–water partition coefficient (Wildman–Crippen LogP) is 2.13. The first kappa shape index (κ1) is 16.9. The van der Waals surface area contributed by atoms with Gasteiger partial charge in [0.15, 0.2) is 0 Å². The standard InChI is InChI=1S/C17H23N5O/c1-12-5-6-14(13(2)11-12)20-17-19-8-7-15(21-17)16(23)18-9-10-22(3)4/h5-8,11H,9-10H2,1-4H3,(H,18,23)(H,19,20,21). The summed E-state index contributed by atoms with van der Waals surface area (Å²) in [5.74, 6) is 0.218. The van der Waals surface area contributed by atoms with E-state index in [4.69, 9.17) is 0 Å². The lowest BCUT2D eigenvalue weighted by Crippen LogP contribution is -2.31. The number of rotatable bonds is 6. The van der Waals surface area contributed by atoms with Crippen LogP contribution in [-0.2, 0) is 0 Å². The number of hydrogen-bond acceptors (Lipinski definition) is 5. The summed E-state index contributed by atoms with van der Waals surface area (Å²) in [6, 6.07) is 7.70. The molecule has 0 aliphatic carbocycles. The maximum atomic E-state index is 12.1. The largest absolute Gasteiger partial charge is 0.349 e. The van der Waals surface area contributed by atoms with Gasteiger partial charge in [0.2, 0.25) is 5.95 Å². The van der Waals surface area contributed by atoms with Gasteiger partial charge in [0.1, 0.15) is 5.69 Å². The van der Waals surface area contributed by atoms with Gasteiger partial charge < -0.3 is 15.5 Å². The number of likely N-dealkylation sites (N-methyl/N-ethyl adjacent to an activating group) is 1. The number of aromatic nitrogens is 2. The Kier molecular flexibility index (Phi) is 5.65. The van der Waals surface area contributed by atoms with E-state index in [1.165, 1.54) is 5.56 Å². The van der Waals surface area contributed by atoms with E-state index in [1.807, 2.05) is 45.0 Å². The minimum Gasteiger partial charge on any atom is -0.349 e. The second-order valence-corrected chi connectivity index (χ2v) is 5.77. The molecule has 0 bridgehead atoms. The Morgan fingerprint density at radius 3 is 2.70 bits per heavy atom. The monoisotopic (exact) mass is 313 g/mol. The minimum absolute atomic E-state index is 0.196. The number of nitrogens with zero attached hydrogens (tertiary/aromatic N) is 3. The molecule has 0 aliphatic heterocycles. The van der Waals surface area contributed by atoms with Crippen molar-refractivity contribution in [3.8, 4) is 0 Å². The van der Waals surface area contributed by atoms with Gasteiger partial charge in [-0.05, 0) is 45.6 Å². The van der Waals surface area contributed by atoms with E-state index in [-0.39, 0.29) is 5.91 Å². The second kappa shape index (κ2) is 7.69. The van der Waals surface area contributed by atoms with E-state index in [2.05, 4.69) is 26.7 Å². The van der Waals surface area contributed by atoms with Crippen molar-refractivity contribution in [3.63, 3.8) is 0 Å². The first-order valence-corrected chi connectivity index (χ1v) is 7.56. The molecule has 0 saturated heterocycles. The first-order chi connectivity index (χ1) is 11.0. The third kappa shape index (κ3) is 5.03. The lowest BCUT2D eigenvalue weighted by molar-refractivity contribution is 0.0946. The molecule has 2 N–H and O–H groups in total. The number of carbonyl (C=O) groups excluding carboxylic acids is 1. The summed E-state index contributed by atoms with van der Waals surface area (Å²) in [5.41, 5.74) is 3.59. The summed E-state index contributed by atoms with van der Waals surface area (Å²) in [4.78, 5) is 22.6. The zero-order chi connectivity index (χ0) is 16.8. The molecule has 1 amide bonds. The first-order valence-electron chi connectivity index (χ1n) is 7.56. The Morgan fingerprint density at radius 2 is 2.00 bits per heavy atom. The Labute approximate surface area is 137 Å². The van der Waals surface area contributed by atoms with Gasteiger partial charge in [-0.1, -0.05) is 17.7 Å². The average Bonchev–Trinajstić information content (AvgIpc) is 2.50. The predicted molar refractivity (Wildman–Crippen MR) is 92.1 cm³/mol. The van der Waals surface area contributed by atoms with Crippen molar-refractivity contribution in [2.75, 3.05) is 32.5 Å². The van der Waals surface area contributed by atoms with Gasteiger partial charge in [-0.2, -0.15) is 0 Å². The summed E-state index contributed by atoms with van der Waals surface area (Å²) >= 11 is 0. The lowest BCUT2D eigenvalue weighted by Gasteiger charge is -2.11. The van der Waals surface area contributed by atoms with Gasteiger partial charge in [0.05, 0.1) is 0 Å². The van der Waals surface area contributed by atoms with Crippen LogP contribution in [0.2, 0.25) is 0 Å². The Balaban J connectivity index is 2.06. The summed E-state index contributed by atoms with van der Waals surface area (Å²) in [6.07, 6.45) is 1.58. The van der Waals surface area contributed by atoms with Crippen molar-refractivity contribution in [1.29, 1.82) is 0 Å². The molecule has 1 aromatic heterocycles. The Hall–Kier alpha value is -2.47. The van der Waals surface area contributed by atoms with Crippen molar-refractivity contribution in [3.05, 3.63) is 47.3 Å². The summed E-state index contributed by atoms with van der Waals surface area (Å²) in [7, 11) is 3.92. The molecule has 0 fully saturated rings. The second-order valence-electron chi connectivity index (χ2n) is 5.77. The van der Waals surface area contributed by atoms with Gasteiger partial charge in [-0.15, -0.1) is 0 Å². The average molecular weight is 313 g/mol. The molecule has 2 aromatic rings. The maximum Gasteiger partial charge on any atom is 0.270 e. The fourth-order valence-corrected chi connectivity index (χ4v) is 2.10. The fourth-order valence-electron chi connectivity index (χ4n) is 2.10. The lowest BCUT2D eigenvalue weighted by atomic mass is 10.1. The molecule has 0 unspecified atom stereocenters. The number of anilines is 2. The van der Waals surface area contributed by atoms with Crippen molar-refractivity contribution in [2.24, 2.45) is 0 Å². The van der Waals surface area contributed by atoms with Crippen LogP contribution in [0.25, 0.3) is 0 Å². The van der Waals surface area contributed by atoms with E-state index in [0.717, 1.165) is 17.8 Å². The van der Waals surface area contributed by atoms with E-state index in [9.17, 15) is 4.79 Å². The van der Waals surface area contributed by atoms with Crippen LogP contribution in [0.4, 0.5) is 11.6 Å². The molecule has 0 aliphatic rings. The molecular weight excluding hydrogens is 290 g/mol. The third-order valence-corrected chi connectivity index (χ3v) is 3.36. The van der Waals surface area contributed by atoms with Crippen LogP contribution in [0.3, 0.4) is 0 Å². The molecule has 2 rings (SSSR count).